The molecule has 0 radical (unpaired) electrons. The highest BCUT2D eigenvalue weighted by Gasteiger charge is 2.24. The molecule has 0 aromatic rings. The molecule has 0 bridgehead atoms. The van der Waals surface area contributed by atoms with Crippen LogP contribution in [0.25, 0.3) is 0 Å². The Bertz CT molecular complexity index is 1020. The fourth-order valence-electron chi connectivity index (χ4n) is 9.72. The van der Waals surface area contributed by atoms with Crippen molar-refractivity contribution in [3.8, 4) is 0 Å². The lowest BCUT2D eigenvalue weighted by Crippen LogP contribution is -2.46. The lowest BCUT2D eigenvalue weighted by molar-refractivity contribution is -0.151. The second-order valence-corrected chi connectivity index (χ2v) is 21.1. The molecule has 0 saturated carbocycles. The largest absolute Gasteiger partial charge is 0.462 e. The van der Waals surface area contributed by atoms with Crippen molar-refractivity contribution in [2.75, 3.05) is 6.61 Å². The predicted octanol–water partition coefficient (Wildman–Crippen LogP) is 18.9. The Hall–Kier alpha value is -1.40. The fraction of sp³-hybridized carbons (Fsp3) is 0.934. The number of esters is 1. The maximum Gasteiger partial charge on any atom is 0.306 e. The molecular formula is C61H119NO5. The minimum absolute atomic E-state index is 0.0851. The van der Waals surface area contributed by atoms with E-state index in [9.17, 15) is 19.8 Å². The Morgan fingerprint density at radius 2 is 0.716 bits per heavy atom. The summed E-state index contributed by atoms with van der Waals surface area (Å²) in [6.07, 6.45) is 64.2. The van der Waals surface area contributed by atoms with Crippen molar-refractivity contribution in [1.82, 2.24) is 5.32 Å². The van der Waals surface area contributed by atoms with Gasteiger partial charge in [0.25, 0.3) is 0 Å². The molecule has 0 aliphatic heterocycles. The summed E-state index contributed by atoms with van der Waals surface area (Å²) in [4.78, 5) is 26.3. The van der Waals surface area contributed by atoms with Crippen molar-refractivity contribution in [2.45, 2.75) is 360 Å². The van der Waals surface area contributed by atoms with Crippen molar-refractivity contribution >= 4 is 11.9 Å². The van der Waals surface area contributed by atoms with Gasteiger partial charge < -0.3 is 20.3 Å². The van der Waals surface area contributed by atoms with E-state index in [-0.39, 0.29) is 24.9 Å². The number of hydrogen-bond acceptors (Lipinski definition) is 5. The van der Waals surface area contributed by atoms with Crippen molar-refractivity contribution in [2.24, 2.45) is 0 Å². The van der Waals surface area contributed by atoms with E-state index in [4.69, 9.17) is 4.74 Å². The first-order chi connectivity index (χ1) is 33.0. The summed E-state index contributed by atoms with van der Waals surface area (Å²) in [5, 5.41) is 23.9. The van der Waals surface area contributed by atoms with Crippen LogP contribution in [0.2, 0.25) is 0 Å². The summed E-state index contributed by atoms with van der Waals surface area (Å²) >= 11 is 0. The van der Waals surface area contributed by atoms with Crippen LogP contribution in [0.4, 0.5) is 0 Å². The molecule has 398 valence electrons. The number of carbonyl (C=O) groups excluding carboxylic acids is 2. The van der Waals surface area contributed by atoms with Gasteiger partial charge in [0.2, 0.25) is 5.91 Å². The smallest absolute Gasteiger partial charge is 0.306 e. The zero-order valence-corrected chi connectivity index (χ0v) is 45.6. The lowest BCUT2D eigenvalue weighted by atomic mass is 10.0. The highest BCUT2D eigenvalue weighted by Crippen LogP contribution is 2.19. The molecule has 3 atom stereocenters. The standard InChI is InChI=1S/C61H119NO5/c1-4-7-10-13-16-19-22-25-27-29-30-31-33-36-39-42-45-48-51-54-61(66)67-57(52-49-46-43-40-37-34-24-21-18-15-12-9-6-3)55-60(65)62-58(56-63)59(64)53-50-47-44-41-38-35-32-28-26-23-20-17-14-11-8-5-2/h25,27,57-59,63-64H,4-24,26,28-56H2,1-3H3,(H,62,65)/b27-25+. The molecule has 67 heavy (non-hydrogen) atoms. The summed E-state index contributed by atoms with van der Waals surface area (Å²) in [6, 6.07) is -0.696. The van der Waals surface area contributed by atoms with Crippen LogP contribution in [-0.2, 0) is 14.3 Å². The molecule has 3 N–H and O–H groups in total. The average molecular weight is 947 g/mol. The van der Waals surface area contributed by atoms with E-state index >= 15 is 0 Å². The molecule has 0 aliphatic rings. The van der Waals surface area contributed by atoms with Gasteiger partial charge >= 0.3 is 5.97 Å². The number of aliphatic hydroxyl groups excluding tert-OH is 2. The van der Waals surface area contributed by atoms with Crippen LogP contribution >= 0.6 is 0 Å². The number of hydrogen-bond donors (Lipinski definition) is 3. The Morgan fingerprint density at radius 3 is 1.06 bits per heavy atom. The van der Waals surface area contributed by atoms with Gasteiger partial charge in [-0.1, -0.05) is 290 Å². The third-order valence-corrected chi connectivity index (χ3v) is 14.3. The van der Waals surface area contributed by atoms with Crippen LogP contribution in [0.1, 0.15) is 342 Å². The van der Waals surface area contributed by atoms with E-state index in [0.717, 1.165) is 44.9 Å². The zero-order valence-electron chi connectivity index (χ0n) is 45.6. The Balaban J connectivity index is 4.44. The number of nitrogens with one attached hydrogen (secondary N) is 1. The van der Waals surface area contributed by atoms with E-state index in [1.165, 1.54) is 250 Å². The molecule has 0 aliphatic carbocycles. The molecule has 3 unspecified atom stereocenters. The van der Waals surface area contributed by atoms with Crippen molar-refractivity contribution in [3.63, 3.8) is 0 Å². The van der Waals surface area contributed by atoms with Crippen LogP contribution in [0.3, 0.4) is 0 Å². The number of ether oxygens (including phenoxy) is 1. The highest BCUT2D eigenvalue weighted by molar-refractivity contribution is 5.77. The van der Waals surface area contributed by atoms with Crippen LogP contribution in [-0.4, -0.2) is 46.9 Å². The molecule has 0 aromatic heterocycles. The van der Waals surface area contributed by atoms with E-state index in [2.05, 4.69) is 38.2 Å². The second-order valence-electron chi connectivity index (χ2n) is 21.1. The van der Waals surface area contributed by atoms with Crippen LogP contribution in [0.15, 0.2) is 12.2 Å². The molecular weight excluding hydrogens is 827 g/mol. The molecule has 0 heterocycles. The molecule has 0 spiro atoms. The highest BCUT2D eigenvalue weighted by atomic mass is 16.5. The zero-order chi connectivity index (χ0) is 48.8. The SMILES string of the molecule is CCCCCCCC/C=C/CCCCCCCCCCCC(=O)OC(CCCCCCCCCCCCCCC)CC(=O)NC(CO)C(O)CCCCCCCCCCCCCCCCCC. The van der Waals surface area contributed by atoms with E-state index in [0.29, 0.717) is 19.3 Å². The number of carbonyl (C=O) groups is 2. The quantitative estimate of drug-likeness (QED) is 0.0321. The van der Waals surface area contributed by atoms with Gasteiger partial charge in [-0.05, 0) is 51.4 Å². The summed E-state index contributed by atoms with van der Waals surface area (Å²) in [7, 11) is 0. The van der Waals surface area contributed by atoms with Crippen molar-refractivity contribution in [3.05, 3.63) is 12.2 Å². The van der Waals surface area contributed by atoms with Gasteiger partial charge in [-0.2, -0.15) is 0 Å². The van der Waals surface area contributed by atoms with Crippen molar-refractivity contribution in [1.29, 1.82) is 0 Å². The predicted molar refractivity (Wildman–Crippen MR) is 292 cm³/mol. The first-order valence-electron chi connectivity index (χ1n) is 30.4. The number of unbranched alkanes of at least 4 members (excludes halogenated alkanes) is 42. The van der Waals surface area contributed by atoms with Crippen molar-refractivity contribution < 1.29 is 24.5 Å². The number of amides is 1. The summed E-state index contributed by atoms with van der Waals surface area (Å²) in [5.74, 6) is -0.451. The third-order valence-electron chi connectivity index (χ3n) is 14.3. The van der Waals surface area contributed by atoms with Crippen LogP contribution in [0, 0.1) is 0 Å². The van der Waals surface area contributed by atoms with Gasteiger partial charge in [0.1, 0.15) is 6.10 Å². The van der Waals surface area contributed by atoms with Gasteiger partial charge in [0.05, 0.1) is 25.2 Å². The Kier molecular flexibility index (Phi) is 54.4. The van der Waals surface area contributed by atoms with E-state index < -0.39 is 18.2 Å². The van der Waals surface area contributed by atoms with E-state index in [1.54, 1.807) is 0 Å². The first-order valence-corrected chi connectivity index (χ1v) is 30.4. The minimum atomic E-state index is -0.783. The summed E-state index contributed by atoms with van der Waals surface area (Å²) in [6.45, 7) is 6.53. The molecule has 0 aromatic carbocycles. The summed E-state index contributed by atoms with van der Waals surface area (Å²) in [5.41, 5.74) is 0. The van der Waals surface area contributed by atoms with Gasteiger partial charge in [-0.3, -0.25) is 9.59 Å². The Labute approximate surface area is 419 Å². The number of rotatable bonds is 56. The molecule has 6 nitrogen and oxygen atoms in total. The van der Waals surface area contributed by atoms with Gasteiger partial charge in [-0.25, -0.2) is 0 Å². The second kappa shape index (κ2) is 55.5. The van der Waals surface area contributed by atoms with Crippen LogP contribution in [0.5, 0.6) is 0 Å². The maximum atomic E-state index is 13.3. The maximum absolute atomic E-state index is 13.3. The normalized spacial score (nSPS) is 13.1. The Morgan fingerprint density at radius 1 is 0.418 bits per heavy atom. The molecule has 6 heteroatoms. The monoisotopic (exact) mass is 946 g/mol. The van der Waals surface area contributed by atoms with E-state index in [1.807, 2.05) is 0 Å². The average Bonchev–Trinajstić information content (AvgIpc) is 3.32. The topological polar surface area (TPSA) is 95.9 Å². The minimum Gasteiger partial charge on any atom is -0.462 e. The molecule has 0 fully saturated rings. The van der Waals surface area contributed by atoms with Crippen LogP contribution < -0.4 is 5.32 Å². The molecule has 1 amide bonds. The number of allylic oxidation sites excluding steroid dienone is 2. The third kappa shape index (κ3) is 50.8. The fourth-order valence-corrected chi connectivity index (χ4v) is 9.72. The lowest BCUT2D eigenvalue weighted by Gasteiger charge is -2.24. The number of aliphatic hydroxyl groups is 2. The van der Waals surface area contributed by atoms with Gasteiger partial charge in [-0.15, -0.1) is 0 Å². The van der Waals surface area contributed by atoms with Gasteiger partial charge in [0.15, 0.2) is 0 Å². The molecule has 0 saturated heterocycles. The molecule has 0 rings (SSSR count). The van der Waals surface area contributed by atoms with Gasteiger partial charge in [0, 0.05) is 6.42 Å². The first kappa shape index (κ1) is 65.6. The summed E-state index contributed by atoms with van der Waals surface area (Å²) < 4.78 is 5.98.